The fourth-order valence-electron chi connectivity index (χ4n) is 7.89. The van der Waals surface area contributed by atoms with E-state index in [4.69, 9.17) is 4.98 Å². The summed E-state index contributed by atoms with van der Waals surface area (Å²) in [5, 5.41) is 5.74. The van der Waals surface area contributed by atoms with Crippen LogP contribution in [0.4, 0.5) is 32.0 Å². The molecule has 304 valence electrons. The maximum absolute atomic E-state index is 14.1. The number of halogens is 6. The second-order valence-corrected chi connectivity index (χ2v) is 15.3. The summed E-state index contributed by atoms with van der Waals surface area (Å²) in [6.07, 6.45) is -6.82. The Morgan fingerprint density at radius 3 is 2.03 bits per heavy atom. The first-order valence-electron chi connectivity index (χ1n) is 19.0. The van der Waals surface area contributed by atoms with Crippen molar-refractivity contribution >= 4 is 40.3 Å². The molecule has 1 aliphatic rings. The molecule has 2 heterocycles. The molecule has 14 heteroatoms. The number of amides is 2. The molecule has 8 rings (SSSR count). The lowest BCUT2D eigenvalue weighted by Crippen LogP contribution is -2.47. The number of rotatable bonds is 12. The van der Waals surface area contributed by atoms with Crippen molar-refractivity contribution in [2.45, 2.75) is 48.1 Å². The number of pyridine rings is 1. The van der Waals surface area contributed by atoms with Crippen LogP contribution in [0.2, 0.25) is 0 Å². The molecule has 7 nitrogen and oxygen atoms in total. The van der Waals surface area contributed by atoms with E-state index >= 15 is 0 Å². The number of anilines is 1. The highest BCUT2D eigenvalue weighted by molar-refractivity contribution is 7.98. The van der Waals surface area contributed by atoms with Gasteiger partial charge < -0.3 is 15.2 Å². The van der Waals surface area contributed by atoms with Gasteiger partial charge in [0.05, 0.1) is 22.3 Å². The third-order valence-electron chi connectivity index (χ3n) is 10.6. The second-order valence-electron chi connectivity index (χ2n) is 14.3. The molecule has 1 aliphatic carbocycles. The zero-order valence-electron chi connectivity index (χ0n) is 31.6. The van der Waals surface area contributed by atoms with Crippen LogP contribution in [0.1, 0.15) is 45.6 Å². The lowest BCUT2D eigenvalue weighted by Gasteiger charge is -2.31. The van der Waals surface area contributed by atoms with Crippen molar-refractivity contribution in [3.63, 3.8) is 0 Å². The minimum absolute atomic E-state index is 0.196. The molecule has 0 fully saturated rings. The Bertz CT molecular complexity index is 2650. The summed E-state index contributed by atoms with van der Waals surface area (Å²) in [5.41, 5.74) is 4.41. The molecule has 0 radical (unpaired) electrons. The van der Waals surface area contributed by atoms with E-state index in [1.165, 1.54) is 23.9 Å². The van der Waals surface area contributed by atoms with Crippen molar-refractivity contribution in [2.24, 2.45) is 0 Å². The zero-order chi connectivity index (χ0) is 42.1. The molecule has 2 N–H and O–H groups in total. The standard InChI is InChI=1S/C46H35F6N5O2S/c47-45(48,49)28-54-42(59)44(37-15-5-3-12-34(37)35-13-4-6-16-38(35)44)23-9-25-57-40-22-21-31(26-39(40)56-43(57)60-27-32-10-7-8-24-53-32)55-41(58)36-14-2-1-11-33(36)29-17-19-30(20-18-29)46(50,51)52/h1-8,10-22,24,26H,9,23,25,27-28H2,(H,54,59)(H,55,58). The Hall–Kier alpha value is -6.41. The summed E-state index contributed by atoms with van der Waals surface area (Å²) in [4.78, 5) is 37.2. The number of hydrogen-bond acceptors (Lipinski definition) is 5. The van der Waals surface area contributed by atoms with Crippen LogP contribution in [0.15, 0.2) is 145 Å². The van der Waals surface area contributed by atoms with Crippen molar-refractivity contribution in [1.29, 1.82) is 0 Å². The third-order valence-corrected chi connectivity index (χ3v) is 11.6. The number of fused-ring (bicyclic) bond motifs is 4. The van der Waals surface area contributed by atoms with Crippen molar-refractivity contribution < 1.29 is 35.9 Å². The van der Waals surface area contributed by atoms with Gasteiger partial charge in [-0.25, -0.2) is 4.98 Å². The first kappa shape index (κ1) is 40.4. The molecular weight excluding hydrogens is 801 g/mol. The maximum Gasteiger partial charge on any atom is 0.416 e. The highest BCUT2D eigenvalue weighted by Gasteiger charge is 2.49. The Labute approximate surface area is 344 Å². The van der Waals surface area contributed by atoms with Crippen LogP contribution >= 0.6 is 11.8 Å². The number of nitrogens with zero attached hydrogens (tertiary/aromatic N) is 3. The van der Waals surface area contributed by atoms with Crippen LogP contribution in [0.3, 0.4) is 0 Å². The van der Waals surface area contributed by atoms with Gasteiger partial charge in [0, 0.05) is 29.7 Å². The number of carbonyl (C=O) groups excluding carboxylic acids is 2. The van der Waals surface area contributed by atoms with Gasteiger partial charge in [-0.05, 0) is 94.8 Å². The van der Waals surface area contributed by atoms with Crippen molar-refractivity contribution in [1.82, 2.24) is 19.9 Å². The molecule has 2 aromatic heterocycles. The fraction of sp³-hybridized carbons (Fsp3) is 0.174. The fourth-order valence-corrected chi connectivity index (χ4v) is 8.85. The van der Waals surface area contributed by atoms with Crippen molar-refractivity contribution in [2.75, 3.05) is 11.9 Å². The summed E-state index contributed by atoms with van der Waals surface area (Å²) in [5.74, 6) is -0.711. The highest BCUT2D eigenvalue weighted by Crippen LogP contribution is 2.51. The topological polar surface area (TPSA) is 88.9 Å². The van der Waals surface area contributed by atoms with Gasteiger partial charge in [-0.15, -0.1) is 0 Å². The van der Waals surface area contributed by atoms with Gasteiger partial charge in [0.2, 0.25) is 5.91 Å². The minimum Gasteiger partial charge on any atom is -0.346 e. The molecule has 60 heavy (non-hydrogen) atoms. The Kier molecular flexibility index (Phi) is 11.0. The molecular formula is C46H35F6N5O2S. The van der Waals surface area contributed by atoms with Gasteiger partial charge in [0.1, 0.15) is 12.0 Å². The Balaban J connectivity index is 1.10. The molecule has 0 saturated heterocycles. The average molecular weight is 836 g/mol. The highest BCUT2D eigenvalue weighted by atomic mass is 32.2. The van der Waals surface area contributed by atoms with Gasteiger partial charge in [-0.2, -0.15) is 26.3 Å². The molecule has 0 spiro atoms. The lowest BCUT2D eigenvalue weighted by molar-refractivity contribution is -0.141. The Morgan fingerprint density at radius 2 is 1.38 bits per heavy atom. The predicted octanol–water partition coefficient (Wildman–Crippen LogP) is 11.1. The van der Waals surface area contributed by atoms with Gasteiger partial charge in [0.25, 0.3) is 5.91 Å². The molecule has 0 aliphatic heterocycles. The van der Waals surface area contributed by atoms with Gasteiger partial charge >= 0.3 is 12.4 Å². The van der Waals surface area contributed by atoms with Crippen molar-refractivity contribution in [3.05, 3.63) is 168 Å². The Morgan fingerprint density at radius 1 is 0.733 bits per heavy atom. The smallest absolute Gasteiger partial charge is 0.346 e. The van der Waals surface area contributed by atoms with Crippen LogP contribution in [0.25, 0.3) is 33.3 Å². The quantitative estimate of drug-likeness (QED) is 0.0945. The first-order chi connectivity index (χ1) is 28.8. The van der Waals surface area contributed by atoms with Crippen molar-refractivity contribution in [3.8, 4) is 22.3 Å². The van der Waals surface area contributed by atoms with Crippen LogP contribution in [-0.4, -0.2) is 39.1 Å². The number of benzene rings is 5. The number of alkyl halides is 6. The summed E-state index contributed by atoms with van der Waals surface area (Å²) >= 11 is 1.45. The largest absolute Gasteiger partial charge is 0.416 e. The molecule has 2 amide bonds. The van der Waals surface area contributed by atoms with Crippen LogP contribution in [-0.2, 0) is 28.7 Å². The number of aryl methyl sites for hydroxylation is 1. The van der Waals surface area contributed by atoms with E-state index in [9.17, 15) is 35.9 Å². The van der Waals surface area contributed by atoms with Gasteiger partial charge in [0.15, 0.2) is 5.16 Å². The molecule has 0 saturated carbocycles. The summed E-state index contributed by atoms with van der Waals surface area (Å²) in [7, 11) is 0. The summed E-state index contributed by atoms with van der Waals surface area (Å²) in [6, 6.07) is 36.8. The molecule has 0 bridgehead atoms. The predicted molar refractivity (Wildman–Crippen MR) is 219 cm³/mol. The monoisotopic (exact) mass is 835 g/mol. The number of thioether (sulfide) groups is 1. The number of carbonyl (C=O) groups is 2. The zero-order valence-corrected chi connectivity index (χ0v) is 32.5. The van der Waals surface area contributed by atoms with E-state index in [2.05, 4.69) is 15.6 Å². The average Bonchev–Trinajstić information content (AvgIpc) is 3.74. The first-order valence-corrected chi connectivity index (χ1v) is 20.0. The van der Waals surface area contributed by atoms with Crippen LogP contribution < -0.4 is 10.6 Å². The van der Waals surface area contributed by atoms with Gasteiger partial charge in [-0.3, -0.25) is 14.6 Å². The van der Waals surface area contributed by atoms with E-state index in [-0.39, 0.29) is 12.0 Å². The molecule has 5 aromatic carbocycles. The van der Waals surface area contributed by atoms with E-state index in [1.54, 1.807) is 66.9 Å². The number of imidazole rings is 1. The number of hydrogen-bond donors (Lipinski definition) is 2. The summed E-state index contributed by atoms with van der Waals surface area (Å²) < 4.78 is 82.1. The number of aromatic nitrogens is 3. The van der Waals surface area contributed by atoms with Crippen LogP contribution in [0, 0.1) is 0 Å². The van der Waals surface area contributed by atoms with E-state index in [0.29, 0.717) is 57.3 Å². The maximum atomic E-state index is 14.1. The molecule has 0 unspecified atom stereocenters. The molecule has 7 aromatic rings. The summed E-state index contributed by atoms with van der Waals surface area (Å²) in [6.45, 7) is -1.11. The van der Waals surface area contributed by atoms with Gasteiger partial charge in [-0.1, -0.05) is 96.7 Å². The SMILES string of the molecule is O=C(Nc1ccc2c(c1)nc(SCc1ccccn1)n2CCCC1(C(=O)NCC(F)(F)F)c2ccccc2-c2ccccc21)c1ccccc1-c1ccc(C(F)(F)F)cc1. The van der Waals surface area contributed by atoms with E-state index in [0.717, 1.165) is 34.5 Å². The van der Waals surface area contributed by atoms with Crippen LogP contribution in [0.5, 0.6) is 0 Å². The lowest BCUT2D eigenvalue weighted by atomic mass is 9.73. The third kappa shape index (κ3) is 8.11. The second kappa shape index (κ2) is 16.3. The number of nitrogens with one attached hydrogen (secondary N) is 2. The normalized spacial score (nSPS) is 13.2. The minimum atomic E-state index is -4.60. The molecule has 0 atom stereocenters. The van der Waals surface area contributed by atoms with E-state index < -0.39 is 41.7 Å². The van der Waals surface area contributed by atoms with E-state index in [1.807, 2.05) is 53.1 Å².